The third kappa shape index (κ3) is 4.74. The van der Waals surface area contributed by atoms with Gasteiger partial charge in [-0.1, -0.05) is 23.7 Å². The van der Waals surface area contributed by atoms with E-state index in [2.05, 4.69) is 5.32 Å². The van der Waals surface area contributed by atoms with E-state index >= 15 is 0 Å². The van der Waals surface area contributed by atoms with E-state index in [1.165, 1.54) is 0 Å². The molecule has 0 spiro atoms. The van der Waals surface area contributed by atoms with Crippen LogP contribution in [0.1, 0.15) is 28.8 Å². The van der Waals surface area contributed by atoms with E-state index in [9.17, 15) is 4.79 Å². The highest BCUT2D eigenvalue weighted by molar-refractivity contribution is 6.32. The summed E-state index contributed by atoms with van der Waals surface area (Å²) in [4.78, 5) is 12.2. The number of benzene rings is 1. The van der Waals surface area contributed by atoms with Gasteiger partial charge >= 0.3 is 0 Å². The Morgan fingerprint density at radius 2 is 2.13 bits per heavy atom. The van der Waals surface area contributed by atoms with Gasteiger partial charge in [-0.25, -0.2) is 0 Å². The van der Waals surface area contributed by atoms with Crippen LogP contribution in [-0.2, 0) is 11.3 Å². The van der Waals surface area contributed by atoms with Gasteiger partial charge in [0.15, 0.2) is 0 Å². The number of hydrogen-bond acceptors (Lipinski definition) is 4. The van der Waals surface area contributed by atoms with Gasteiger partial charge < -0.3 is 19.2 Å². The Balaban J connectivity index is 1.90. The van der Waals surface area contributed by atoms with Crippen molar-refractivity contribution in [3.05, 3.63) is 52.4 Å². The van der Waals surface area contributed by atoms with E-state index in [0.29, 0.717) is 41.0 Å². The monoisotopic (exact) mass is 337 g/mol. The summed E-state index contributed by atoms with van der Waals surface area (Å²) < 4.78 is 16.2. The van der Waals surface area contributed by atoms with E-state index in [4.69, 9.17) is 25.5 Å². The normalized spacial score (nSPS) is 12.0. The molecule has 2 aromatic rings. The van der Waals surface area contributed by atoms with Crippen molar-refractivity contribution in [2.75, 3.05) is 13.7 Å². The average Bonchev–Trinajstić information content (AvgIpc) is 2.88. The summed E-state index contributed by atoms with van der Waals surface area (Å²) in [6, 6.07) is 8.92. The Bertz CT molecular complexity index is 668. The van der Waals surface area contributed by atoms with Gasteiger partial charge in [0.25, 0.3) is 5.91 Å². The fourth-order valence-corrected chi connectivity index (χ4v) is 2.29. The number of halogens is 1. The predicted octanol–water partition coefficient (Wildman–Crippen LogP) is 3.59. The smallest absolute Gasteiger partial charge is 0.254 e. The summed E-state index contributed by atoms with van der Waals surface area (Å²) in [5, 5.41) is 3.37. The Kier molecular flexibility index (Phi) is 6.07. The number of aryl methyl sites for hydroxylation is 1. The maximum Gasteiger partial charge on any atom is 0.254 e. The van der Waals surface area contributed by atoms with E-state index < -0.39 is 0 Å². The van der Waals surface area contributed by atoms with Crippen LogP contribution in [0.5, 0.6) is 5.75 Å². The standard InChI is InChI=1S/C17H20ClNO4/c1-11(22-16-7-5-4-6-15(16)18)9-19-17(20)14-8-13(10-21-3)23-12(14)2/h4-8,11H,9-10H2,1-3H3,(H,19,20)/t11-/m0/s1. The van der Waals surface area contributed by atoms with Crippen molar-refractivity contribution in [3.8, 4) is 5.75 Å². The molecule has 0 unspecified atom stereocenters. The minimum Gasteiger partial charge on any atom is -0.487 e. The molecule has 0 saturated heterocycles. The second-order valence-electron chi connectivity index (χ2n) is 5.18. The highest BCUT2D eigenvalue weighted by Gasteiger charge is 2.16. The van der Waals surface area contributed by atoms with Crippen LogP contribution >= 0.6 is 11.6 Å². The number of amides is 1. The van der Waals surface area contributed by atoms with Gasteiger partial charge in [-0.05, 0) is 32.0 Å². The van der Waals surface area contributed by atoms with Crippen LogP contribution < -0.4 is 10.1 Å². The summed E-state index contributed by atoms with van der Waals surface area (Å²) in [6.45, 7) is 4.30. The Morgan fingerprint density at radius 3 is 2.83 bits per heavy atom. The first-order chi connectivity index (χ1) is 11.0. The number of carbonyl (C=O) groups is 1. The number of rotatable bonds is 7. The molecule has 5 nitrogen and oxygen atoms in total. The quantitative estimate of drug-likeness (QED) is 0.838. The predicted molar refractivity (Wildman–Crippen MR) is 88.0 cm³/mol. The molecule has 1 aromatic heterocycles. The number of nitrogens with one attached hydrogen (secondary N) is 1. The molecule has 0 saturated carbocycles. The van der Waals surface area contributed by atoms with Crippen molar-refractivity contribution in [3.63, 3.8) is 0 Å². The molecule has 1 aromatic carbocycles. The van der Waals surface area contributed by atoms with Crippen LogP contribution in [0.4, 0.5) is 0 Å². The number of ether oxygens (including phenoxy) is 2. The summed E-state index contributed by atoms with van der Waals surface area (Å²) in [7, 11) is 1.57. The molecule has 124 valence electrons. The highest BCUT2D eigenvalue weighted by Crippen LogP contribution is 2.24. The van der Waals surface area contributed by atoms with Gasteiger partial charge in [-0.3, -0.25) is 4.79 Å². The third-order valence-electron chi connectivity index (χ3n) is 3.21. The number of para-hydroxylation sites is 1. The first-order valence-electron chi connectivity index (χ1n) is 7.29. The van der Waals surface area contributed by atoms with Gasteiger partial charge in [-0.2, -0.15) is 0 Å². The summed E-state index contributed by atoms with van der Waals surface area (Å²) >= 11 is 6.04. The minimum atomic E-state index is -0.218. The van der Waals surface area contributed by atoms with E-state index in [1.807, 2.05) is 19.1 Å². The number of carbonyl (C=O) groups excluding carboxylic acids is 1. The van der Waals surface area contributed by atoms with Gasteiger partial charge in [0.1, 0.15) is 30.0 Å². The van der Waals surface area contributed by atoms with Crippen LogP contribution in [-0.4, -0.2) is 25.7 Å². The van der Waals surface area contributed by atoms with Crippen LogP contribution in [0, 0.1) is 6.92 Å². The molecule has 0 aliphatic heterocycles. The molecule has 0 aliphatic rings. The van der Waals surface area contributed by atoms with Crippen molar-refractivity contribution in [2.45, 2.75) is 26.6 Å². The molecule has 23 heavy (non-hydrogen) atoms. The minimum absolute atomic E-state index is 0.205. The zero-order chi connectivity index (χ0) is 16.8. The molecule has 1 amide bonds. The molecule has 0 radical (unpaired) electrons. The average molecular weight is 338 g/mol. The van der Waals surface area contributed by atoms with Gasteiger partial charge in [-0.15, -0.1) is 0 Å². The molecule has 0 fully saturated rings. The third-order valence-corrected chi connectivity index (χ3v) is 3.53. The van der Waals surface area contributed by atoms with E-state index in [-0.39, 0.29) is 12.0 Å². The number of hydrogen-bond donors (Lipinski definition) is 1. The molecule has 6 heteroatoms. The van der Waals surface area contributed by atoms with Crippen molar-refractivity contribution in [1.29, 1.82) is 0 Å². The molecule has 0 aliphatic carbocycles. The first-order valence-corrected chi connectivity index (χ1v) is 7.66. The van der Waals surface area contributed by atoms with Crippen LogP contribution in [0.3, 0.4) is 0 Å². The summed E-state index contributed by atoms with van der Waals surface area (Å²) in [5.74, 6) is 1.57. The number of methoxy groups -OCH3 is 1. The van der Waals surface area contributed by atoms with Gasteiger partial charge in [0.2, 0.25) is 0 Å². The van der Waals surface area contributed by atoms with Crippen molar-refractivity contribution >= 4 is 17.5 Å². The zero-order valence-electron chi connectivity index (χ0n) is 13.4. The maximum absolute atomic E-state index is 12.2. The molecule has 2 rings (SSSR count). The fourth-order valence-electron chi connectivity index (χ4n) is 2.11. The van der Waals surface area contributed by atoms with Gasteiger partial charge in [0.05, 0.1) is 17.1 Å². The van der Waals surface area contributed by atoms with Crippen LogP contribution in [0.15, 0.2) is 34.7 Å². The highest BCUT2D eigenvalue weighted by atomic mass is 35.5. The largest absolute Gasteiger partial charge is 0.487 e. The molecule has 0 bridgehead atoms. The first kappa shape index (κ1) is 17.4. The lowest BCUT2D eigenvalue weighted by Crippen LogP contribution is -2.33. The van der Waals surface area contributed by atoms with E-state index in [1.54, 1.807) is 32.2 Å². The van der Waals surface area contributed by atoms with Gasteiger partial charge in [0, 0.05) is 7.11 Å². The Hall–Kier alpha value is -1.98. The van der Waals surface area contributed by atoms with Crippen LogP contribution in [0.2, 0.25) is 5.02 Å². The van der Waals surface area contributed by atoms with E-state index in [0.717, 1.165) is 0 Å². The molecule has 1 atom stereocenters. The Labute approximate surface area is 140 Å². The molecular weight excluding hydrogens is 318 g/mol. The van der Waals surface area contributed by atoms with Crippen molar-refractivity contribution < 1.29 is 18.7 Å². The molecule has 1 N–H and O–H groups in total. The van der Waals surface area contributed by atoms with Crippen LogP contribution in [0.25, 0.3) is 0 Å². The zero-order valence-corrected chi connectivity index (χ0v) is 14.1. The number of furan rings is 1. The lowest BCUT2D eigenvalue weighted by Gasteiger charge is -2.16. The molecular formula is C17H20ClNO4. The molecule has 1 heterocycles. The second-order valence-corrected chi connectivity index (χ2v) is 5.59. The summed E-state index contributed by atoms with van der Waals surface area (Å²) in [6.07, 6.45) is -0.218. The Morgan fingerprint density at radius 1 is 1.39 bits per heavy atom. The second kappa shape index (κ2) is 8.04. The summed E-state index contributed by atoms with van der Waals surface area (Å²) in [5.41, 5.74) is 0.502. The fraction of sp³-hybridized carbons (Fsp3) is 0.353. The maximum atomic E-state index is 12.2. The van der Waals surface area contributed by atoms with Crippen molar-refractivity contribution in [2.24, 2.45) is 0 Å². The topological polar surface area (TPSA) is 60.7 Å². The van der Waals surface area contributed by atoms with Crippen molar-refractivity contribution in [1.82, 2.24) is 5.32 Å². The lowest BCUT2D eigenvalue weighted by molar-refractivity contribution is 0.0930. The SMILES string of the molecule is COCc1cc(C(=O)NC[C@H](C)Oc2ccccc2Cl)c(C)o1. The lowest BCUT2D eigenvalue weighted by atomic mass is 10.2.